The van der Waals surface area contributed by atoms with E-state index >= 15 is 0 Å². The first-order valence-electron chi connectivity index (χ1n) is 5.55. The molecule has 0 radical (unpaired) electrons. The summed E-state index contributed by atoms with van der Waals surface area (Å²) >= 11 is 0. The second kappa shape index (κ2) is 6.25. The minimum Gasteiger partial charge on any atom is -0.399 e. The Morgan fingerprint density at radius 2 is 1.89 bits per heavy atom. The van der Waals surface area contributed by atoms with Gasteiger partial charge >= 0.3 is 6.03 Å². The van der Waals surface area contributed by atoms with E-state index in [1.165, 1.54) is 0 Å². The first-order valence-corrected chi connectivity index (χ1v) is 7.21. The van der Waals surface area contributed by atoms with Gasteiger partial charge < -0.3 is 11.1 Å². The number of hydrogen-bond acceptors (Lipinski definition) is 4. The van der Waals surface area contributed by atoms with Crippen LogP contribution in [-0.2, 0) is 15.8 Å². The van der Waals surface area contributed by atoms with Gasteiger partial charge in [-0.3, -0.25) is 0 Å². The van der Waals surface area contributed by atoms with Gasteiger partial charge in [-0.15, -0.1) is 0 Å². The molecule has 0 aliphatic carbocycles. The number of nitrogens with two attached hydrogens (primary N) is 1. The third-order valence-corrected chi connectivity index (χ3v) is 3.33. The Morgan fingerprint density at radius 3 is 2.44 bits per heavy atom. The maximum absolute atomic E-state index is 11.7. The number of hydrogen-bond donors (Lipinski definition) is 3. The molecule has 0 aromatic heterocycles. The molecule has 0 fully saturated rings. The van der Waals surface area contributed by atoms with E-state index in [0.717, 1.165) is 6.42 Å². The highest BCUT2D eigenvalue weighted by Crippen LogP contribution is 2.08. The second-order valence-corrected chi connectivity index (χ2v) is 5.58. The van der Waals surface area contributed by atoms with Crippen molar-refractivity contribution in [2.45, 2.75) is 19.1 Å². The van der Waals surface area contributed by atoms with E-state index in [4.69, 9.17) is 5.73 Å². The summed E-state index contributed by atoms with van der Waals surface area (Å²) in [4.78, 5) is 11.2. The van der Waals surface area contributed by atoms with Crippen LogP contribution < -0.4 is 15.8 Å². The zero-order chi connectivity index (χ0) is 13.6. The van der Waals surface area contributed by atoms with Crippen LogP contribution in [-0.4, -0.2) is 21.0 Å². The van der Waals surface area contributed by atoms with E-state index in [-0.39, 0.29) is 5.75 Å². The molecule has 18 heavy (non-hydrogen) atoms. The summed E-state index contributed by atoms with van der Waals surface area (Å²) < 4.78 is 25.3. The van der Waals surface area contributed by atoms with Gasteiger partial charge in [0.25, 0.3) is 0 Å². The van der Waals surface area contributed by atoms with Gasteiger partial charge in [0.15, 0.2) is 0 Å². The number of nitrogens with one attached hydrogen (secondary N) is 2. The molecule has 0 spiro atoms. The predicted octanol–water partition coefficient (Wildman–Crippen LogP) is 0.808. The van der Waals surface area contributed by atoms with Crippen LogP contribution in [0.3, 0.4) is 0 Å². The van der Waals surface area contributed by atoms with Crippen LogP contribution in [0.5, 0.6) is 0 Å². The van der Waals surface area contributed by atoms with Gasteiger partial charge in [0.1, 0.15) is 0 Å². The van der Waals surface area contributed by atoms with Gasteiger partial charge in [0.2, 0.25) is 10.0 Å². The van der Waals surface area contributed by atoms with Crippen LogP contribution in [0.1, 0.15) is 18.9 Å². The molecule has 2 amide bonds. The first kappa shape index (κ1) is 14.3. The topological polar surface area (TPSA) is 101 Å². The fourth-order valence-corrected chi connectivity index (χ4v) is 2.34. The lowest BCUT2D eigenvalue weighted by molar-refractivity contribution is 0.246. The molecule has 100 valence electrons. The molecule has 4 N–H and O–H groups in total. The molecule has 0 saturated heterocycles. The fraction of sp³-hybridized carbons (Fsp3) is 0.364. The number of carbonyl (C=O) groups excluding carboxylic acids is 1. The summed E-state index contributed by atoms with van der Waals surface area (Å²) in [5.41, 5.74) is 6.63. The van der Waals surface area contributed by atoms with Gasteiger partial charge in [-0.2, -0.15) is 0 Å². The maximum Gasteiger partial charge on any atom is 0.328 e. The molecule has 0 aliphatic rings. The fourth-order valence-electron chi connectivity index (χ4n) is 1.29. The zero-order valence-electron chi connectivity index (χ0n) is 10.1. The number of urea groups is 1. The third-order valence-electron chi connectivity index (χ3n) is 2.12. The molecule has 0 aliphatic heterocycles. The van der Waals surface area contributed by atoms with E-state index in [1.54, 1.807) is 24.3 Å². The molecule has 1 aromatic carbocycles. The standard InChI is InChI=1S/C11H17N3O3S/c1-2-7-13-11(15)14-18(16,17)8-9-3-5-10(12)6-4-9/h3-6H,2,7-8,12H2,1H3,(H2,13,14,15). The minimum absolute atomic E-state index is 0.257. The molecule has 0 unspecified atom stereocenters. The summed E-state index contributed by atoms with van der Waals surface area (Å²) in [5, 5.41) is 2.43. The van der Waals surface area contributed by atoms with Crippen molar-refractivity contribution < 1.29 is 13.2 Å². The summed E-state index contributed by atoms with van der Waals surface area (Å²) in [6, 6.07) is 5.74. The summed E-state index contributed by atoms with van der Waals surface area (Å²) in [6.45, 7) is 2.31. The van der Waals surface area contributed by atoms with Gasteiger partial charge in [-0.25, -0.2) is 17.9 Å². The smallest absolute Gasteiger partial charge is 0.328 e. The second-order valence-electron chi connectivity index (χ2n) is 3.86. The molecule has 0 bridgehead atoms. The highest BCUT2D eigenvalue weighted by molar-refractivity contribution is 7.89. The molecule has 1 rings (SSSR count). The van der Waals surface area contributed by atoms with E-state index in [9.17, 15) is 13.2 Å². The van der Waals surface area contributed by atoms with Gasteiger partial charge in [0.05, 0.1) is 5.75 Å². The van der Waals surface area contributed by atoms with Crippen LogP contribution in [0.2, 0.25) is 0 Å². The van der Waals surface area contributed by atoms with E-state index in [2.05, 4.69) is 5.32 Å². The largest absolute Gasteiger partial charge is 0.399 e. The Balaban J connectivity index is 2.59. The molecule has 6 nitrogen and oxygen atoms in total. The number of rotatable bonds is 5. The minimum atomic E-state index is -3.68. The van der Waals surface area contributed by atoms with Crippen LogP contribution in [0.4, 0.5) is 10.5 Å². The van der Waals surface area contributed by atoms with Crippen molar-refractivity contribution in [1.29, 1.82) is 0 Å². The van der Waals surface area contributed by atoms with Crippen LogP contribution in [0.15, 0.2) is 24.3 Å². The maximum atomic E-state index is 11.7. The molecule has 0 atom stereocenters. The van der Waals surface area contributed by atoms with E-state index < -0.39 is 16.1 Å². The highest BCUT2D eigenvalue weighted by atomic mass is 32.2. The lowest BCUT2D eigenvalue weighted by Gasteiger charge is -2.08. The predicted molar refractivity (Wildman–Crippen MR) is 70.3 cm³/mol. The lowest BCUT2D eigenvalue weighted by Crippen LogP contribution is -2.40. The number of sulfonamides is 1. The summed E-state index contributed by atoms with van der Waals surface area (Å²) in [7, 11) is -3.68. The molecule has 7 heteroatoms. The lowest BCUT2D eigenvalue weighted by atomic mass is 10.2. The zero-order valence-corrected chi connectivity index (χ0v) is 11.0. The van der Waals surface area contributed by atoms with Crippen LogP contribution in [0, 0.1) is 0 Å². The van der Waals surface area contributed by atoms with Crippen molar-refractivity contribution in [2.24, 2.45) is 0 Å². The number of amides is 2. The van der Waals surface area contributed by atoms with Crippen molar-refractivity contribution in [3.63, 3.8) is 0 Å². The normalized spacial score (nSPS) is 10.9. The van der Waals surface area contributed by atoms with E-state index in [1.807, 2.05) is 11.6 Å². The number of anilines is 1. The number of benzene rings is 1. The van der Waals surface area contributed by atoms with Crippen molar-refractivity contribution in [1.82, 2.24) is 10.0 Å². The number of nitrogen functional groups attached to an aromatic ring is 1. The van der Waals surface area contributed by atoms with E-state index in [0.29, 0.717) is 17.8 Å². The molecular formula is C11H17N3O3S. The quantitative estimate of drug-likeness (QED) is 0.690. The first-order chi connectivity index (χ1) is 8.43. The van der Waals surface area contributed by atoms with Crippen molar-refractivity contribution in [3.05, 3.63) is 29.8 Å². The third kappa shape index (κ3) is 5.05. The average molecular weight is 271 g/mol. The van der Waals surface area contributed by atoms with Gasteiger partial charge in [-0.1, -0.05) is 19.1 Å². The summed E-state index contributed by atoms with van der Waals surface area (Å²) in [5.74, 6) is -0.257. The highest BCUT2D eigenvalue weighted by Gasteiger charge is 2.14. The monoisotopic (exact) mass is 271 g/mol. The Bertz CT molecular complexity index is 497. The molecule has 0 saturated carbocycles. The van der Waals surface area contributed by atoms with Gasteiger partial charge in [-0.05, 0) is 24.1 Å². The van der Waals surface area contributed by atoms with Crippen molar-refractivity contribution in [2.75, 3.05) is 12.3 Å². The van der Waals surface area contributed by atoms with Crippen molar-refractivity contribution in [3.8, 4) is 0 Å². The van der Waals surface area contributed by atoms with Gasteiger partial charge in [0, 0.05) is 12.2 Å². The molecular weight excluding hydrogens is 254 g/mol. The SMILES string of the molecule is CCCNC(=O)NS(=O)(=O)Cc1ccc(N)cc1. The number of carbonyl (C=O) groups is 1. The Kier molecular flexibility index (Phi) is 4.96. The molecule has 1 aromatic rings. The Morgan fingerprint density at radius 1 is 1.28 bits per heavy atom. The van der Waals surface area contributed by atoms with Crippen molar-refractivity contribution >= 4 is 21.7 Å². The average Bonchev–Trinajstić information content (AvgIpc) is 2.28. The van der Waals surface area contributed by atoms with Crippen LogP contribution in [0.25, 0.3) is 0 Å². The Hall–Kier alpha value is -1.76. The molecule has 0 heterocycles. The van der Waals surface area contributed by atoms with Crippen LogP contribution >= 0.6 is 0 Å². The Labute approximate surface area is 107 Å². The summed E-state index contributed by atoms with van der Waals surface area (Å²) in [6.07, 6.45) is 0.741.